The molecule has 0 aliphatic heterocycles. The van der Waals surface area contributed by atoms with Crippen molar-refractivity contribution in [1.29, 1.82) is 0 Å². The van der Waals surface area contributed by atoms with Gasteiger partial charge in [0.2, 0.25) is 11.8 Å². The Morgan fingerprint density at radius 2 is 1.49 bits per heavy atom. The molecule has 45 heavy (non-hydrogen) atoms. The minimum Gasteiger partial charge on any atom is -0.352 e. The number of rotatable bonds is 12. The zero-order valence-electron chi connectivity index (χ0n) is 25.3. The number of benzene rings is 4. The van der Waals surface area contributed by atoms with Gasteiger partial charge in [0.15, 0.2) is 0 Å². The van der Waals surface area contributed by atoms with E-state index in [0.717, 1.165) is 46.7 Å². The topological polar surface area (TPSA) is 86.8 Å². The molecule has 2 amide bonds. The summed E-state index contributed by atoms with van der Waals surface area (Å²) >= 11 is 6.17. The average molecular weight is 644 g/mol. The highest BCUT2D eigenvalue weighted by Crippen LogP contribution is 2.26. The molecule has 0 bridgehead atoms. The Kier molecular flexibility index (Phi) is 10.6. The van der Waals surface area contributed by atoms with Crippen LogP contribution in [0.1, 0.15) is 42.4 Å². The highest BCUT2D eigenvalue weighted by atomic mass is 35.5. The molecule has 4 aromatic rings. The van der Waals surface area contributed by atoms with Crippen molar-refractivity contribution in [3.63, 3.8) is 0 Å². The van der Waals surface area contributed by atoms with Crippen LogP contribution in [0.3, 0.4) is 0 Å². The first-order valence-corrected chi connectivity index (χ1v) is 17.1. The maximum Gasteiger partial charge on any atom is 0.264 e. The number of hydrogen-bond acceptors (Lipinski definition) is 4. The number of hydrogen-bond donors (Lipinski definition) is 1. The van der Waals surface area contributed by atoms with Gasteiger partial charge in [-0.05, 0) is 72.9 Å². The van der Waals surface area contributed by atoms with Crippen LogP contribution in [0.2, 0.25) is 5.02 Å². The fourth-order valence-electron chi connectivity index (χ4n) is 5.74. The van der Waals surface area contributed by atoms with Crippen LogP contribution in [-0.4, -0.2) is 43.8 Å². The molecule has 1 N–H and O–H groups in total. The smallest absolute Gasteiger partial charge is 0.264 e. The normalized spacial score (nSPS) is 14.1. The molecule has 234 valence electrons. The molecule has 0 spiro atoms. The van der Waals surface area contributed by atoms with Gasteiger partial charge in [0.25, 0.3) is 10.0 Å². The third-order valence-electron chi connectivity index (χ3n) is 8.14. The summed E-state index contributed by atoms with van der Waals surface area (Å²) in [4.78, 5) is 30.2. The van der Waals surface area contributed by atoms with Crippen molar-refractivity contribution in [2.45, 2.75) is 62.6 Å². The molecule has 1 atom stereocenters. The quantitative estimate of drug-likeness (QED) is 0.190. The molecule has 0 heterocycles. The summed E-state index contributed by atoms with van der Waals surface area (Å²) in [6, 6.07) is 31.0. The molecule has 1 aliphatic rings. The van der Waals surface area contributed by atoms with E-state index in [1.807, 2.05) is 55.5 Å². The lowest BCUT2D eigenvalue weighted by Gasteiger charge is -2.34. The van der Waals surface area contributed by atoms with Gasteiger partial charge in [-0.15, -0.1) is 0 Å². The number of carbonyl (C=O) groups excluding carboxylic acids is 2. The van der Waals surface area contributed by atoms with Gasteiger partial charge in [-0.3, -0.25) is 13.9 Å². The van der Waals surface area contributed by atoms with Gasteiger partial charge < -0.3 is 10.2 Å². The molecule has 1 saturated carbocycles. The first kappa shape index (κ1) is 32.3. The van der Waals surface area contributed by atoms with Crippen molar-refractivity contribution in [2.75, 3.05) is 10.8 Å². The van der Waals surface area contributed by atoms with Crippen molar-refractivity contribution in [2.24, 2.45) is 0 Å². The molecule has 0 unspecified atom stereocenters. The predicted molar refractivity (Wildman–Crippen MR) is 178 cm³/mol. The lowest BCUT2D eigenvalue weighted by Crippen LogP contribution is -2.54. The Morgan fingerprint density at radius 3 is 2.13 bits per heavy atom. The van der Waals surface area contributed by atoms with Gasteiger partial charge in [0.05, 0.1) is 10.6 Å². The van der Waals surface area contributed by atoms with Gasteiger partial charge >= 0.3 is 0 Å². The van der Waals surface area contributed by atoms with Gasteiger partial charge in [-0.2, -0.15) is 0 Å². The van der Waals surface area contributed by atoms with E-state index in [9.17, 15) is 18.0 Å². The van der Waals surface area contributed by atoms with E-state index in [-0.39, 0.29) is 29.8 Å². The molecule has 9 heteroatoms. The molecule has 4 aromatic carbocycles. The number of anilines is 1. The maximum atomic E-state index is 14.5. The van der Waals surface area contributed by atoms with E-state index in [1.165, 1.54) is 17.0 Å². The van der Waals surface area contributed by atoms with Gasteiger partial charge in [-0.25, -0.2) is 8.42 Å². The Hall–Kier alpha value is -4.14. The fraction of sp³-hybridized carbons (Fsp3) is 0.278. The number of halogens is 1. The van der Waals surface area contributed by atoms with Crippen LogP contribution in [0, 0.1) is 6.92 Å². The van der Waals surface area contributed by atoms with Crippen molar-refractivity contribution < 1.29 is 18.0 Å². The summed E-state index contributed by atoms with van der Waals surface area (Å²) in [6.45, 7) is 1.48. The number of amides is 2. The molecule has 1 aliphatic carbocycles. The van der Waals surface area contributed by atoms with E-state index in [0.29, 0.717) is 10.7 Å². The first-order valence-electron chi connectivity index (χ1n) is 15.2. The highest BCUT2D eigenvalue weighted by molar-refractivity contribution is 7.92. The van der Waals surface area contributed by atoms with E-state index >= 15 is 0 Å². The van der Waals surface area contributed by atoms with Crippen molar-refractivity contribution >= 4 is 39.1 Å². The number of nitrogens with zero attached hydrogens (tertiary/aromatic N) is 2. The maximum absolute atomic E-state index is 14.5. The van der Waals surface area contributed by atoms with Crippen LogP contribution >= 0.6 is 11.6 Å². The Balaban J connectivity index is 1.56. The van der Waals surface area contributed by atoms with Crippen LogP contribution in [-0.2, 0) is 32.6 Å². The highest BCUT2D eigenvalue weighted by Gasteiger charge is 2.35. The Morgan fingerprint density at radius 1 is 0.844 bits per heavy atom. The van der Waals surface area contributed by atoms with E-state index in [4.69, 9.17) is 11.6 Å². The summed E-state index contributed by atoms with van der Waals surface area (Å²) in [7, 11) is -4.13. The SMILES string of the molecule is Cc1cccc(N(CC(=O)N(Cc2ccc(Cl)cc2)[C@H](Cc2ccccc2)C(=O)NC2CCCC2)S(=O)(=O)c2ccccc2)c1. The van der Waals surface area contributed by atoms with Crippen LogP contribution in [0.25, 0.3) is 0 Å². The predicted octanol–water partition coefficient (Wildman–Crippen LogP) is 6.54. The zero-order valence-corrected chi connectivity index (χ0v) is 26.9. The second kappa shape index (κ2) is 14.8. The van der Waals surface area contributed by atoms with E-state index in [2.05, 4.69) is 5.32 Å². The lowest BCUT2D eigenvalue weighted by molar-refractivity contribution is -0.140. The standard InChI is InChI=1S/C36H38ClN3O4S/c1-27-11-10-16-32(23-27)40(45(43,44)33-17-6-3-7-18-33)26-35(41)39(25-29-19-21-30(37)22-20-29)34(24-28-12-4-2-5-13-28)36(42)38-31-14-8-9-15-31/h2-7,10-13,16-23,31,34H,8-9,14-15,24-26H2,1H3,(H,38,42)/t34-/m1/s1. The first-order chi connectivity index (χ1) is 21.7. The summed E-state index contributed by atoms with van der Waals surface area (Å²) in [6.07, 6.45) is 4.15. The lowest BCUT2D eigenvalue weighted by atomic mass is 10.0. The van der Waals surface area contributed by atoms with Crippen LogP contribution in [0.15, 0.2) is 114 Å². The largest absolute Gasteiger partial charge is 0.352 e. The summed E-state index contributed by atoms with van der Waals surface area (Å²) in [5.41, 5.74) is 2.88. The van der Waals surface area contributed by atoms with Gasteiger partial charge in [0, 0.05) is 24.0 Å². The Bertz CT molecular complexity index is 1690. The molecule has 0 saturated heterocycles. The van der Waals surface area contributed by atoms with Crippen LogP contribution in [0.4, 0.5) is 5.69 Å². The van der Waals surface area contributed by atoms with Gasteiger partial charge in [-0.1, -0.05) is 97.2 Å². The Labute approximate surface area is 270 Å². The summed E-state index contributed by atoms with van der Waals surface area (Å²) in [5.74, 6) is -0.741. The molecular formula is C36H38ClN3O4S. The molecule has 0 radical (unpaired) electrons. The van der Waals surface area contributed by atoms with E-state index < -0.39 is 28.5 Å². The van der Waals surface area contributed by atoms with Crippen molar-refractivity contribution in [1.82, 2.24) is 10.2 Å². The van der Waals surface area contributed by atoms with Crippen LogP contribution < -0.4 is 9.62 Å². The monoisotopic (exact) mass is 643 g/mol. The van der Waals surface area contributed by atoms with Crippen LogP contribution in [0.5, 0.6) is 0 Å². The van der Waals surface area contributed by atoms with Gasteiger partial charge in [0.1, 0.15) is 12.6 Å². The number of aryl methyl sites for hydroxylation is 1. The van der Waals surface area contributed by atoms with Crippen molar-refractivity contribution in [3.8, 4) is 0 Å². The molecule has 0 aromatic heterocycles. The molecule has 1 fully saturated rings. The minimum atomic E-state index is -4.13. The number of nitrogens with one attached hydrogen (secondary N) is 1. The van der Waals surface area contributed by atoms with E-state index in [1.54, 1.807) is 48.5 Å². The third kappa shape index (κ3) is 8.32. The minimum absolute atomic E-state index is 0.0468. The van der Waals surface area contributed by atoms with Crippen molar-refractivity contribution in [3.05, 3.63) is 131 Å². The third-order valence-corrected chi connectivity index (χ3v) is 10.2. The molecule has 7 nitrogen and oxygen atoms in total. The molecular weight excluding hydrogens is 606 g/mol. The fourth-order valence-corrected chi connectivity index (χ4v) is 7.29. The average Bonchev–Trinajstić information content (AvgIpc) is 3.56. The summed E-state index contributed by atoms with van der Waals surface area (Å²) in [5, 5.41) is 3.74. The second-order valence-corrected chi connectivity index (χ2v) is 13.8. The number of sulfonamides is 1. The number of carbonyl (C=O) groups is 2. The summed E-state index contributed by atoms with van der Waals surface area (Å²) < 4.78 is 29.3. The molecule has 5 rings (SSSR count). The second-order valence-electron chi connectivity index (χ2n) is 11.5. The zero-order chi connectivity index (χ0) is 31.8.